The SMILES string of the molecule is Cn1c(C(=O)NCc2cccnc2)cc2c(=O)[nH]c3ccccc3c21. The summed E-state index contributed by atoms with van der Waals surface area (Å²) in [4.78, 5) is 31.8. The normalized spacial score (nSPS) is 11.1. The van der Waals surface area contributed by atoms with Crippen LogP contribution in [0.3, 0.4) is 0 Å². The molecule has 0 radical (unpaired) electrons. The van der Waals surface area contributed by atoms with Gasteiger partial charge in [-0.1, -0.05) is 24.3 Å². The molecule has 0 aliphatic rings. The molecule has 0 bridgehead atoms. The number of aryl methyl sites for hydroxylation is 1. The number of nitrogens with zero attached hydrogens (tertiary/aromatic N) is 2. The van der Waals surface area contributed by atoms with Crippen molar-refractivity contribution in [1.29, 1.82) is 0 Å². The van der Waals surface area contributed by atoms with Crippen LogP contribution in [0.1, 0.15) is 16.1 Å². The van der Waals surface area contributed by atoms with Gasteiger partial charge in [-0.2, -0.15) is 0 Å². The van der Waals surface area contributed by atoms with Gasteiger partial charge >= 0.3 is 0 Å². The van der Waals surface area contributed by atoms with Crippen molar-refractivity contribution in [1.82, 2.24) is 19.9 Å². The predicted octanol–water partition coefficient (Wildman–Crippen LogP) is 2.34. The third-order valence-electron chi connectivity index (χ3n) is 4.32. The fourth-order valence-corrected chi connectivity index (χ4v) is 3.08. The number of carbonyl (C=O) groups is 1. The monoisotopic (exact) mass is 332 g/mol. The molecule has 0 spiro atoms. The van der Waals surface area contributed by atoms with E-state index in [1.165, 1.54) is 0 Å². The molecule has 1 aromatic carbocycles. The summed E-state index contributed by atoms with van der Waals surface area (Å²) < 4.78 is 1.77. The van der Waals surface area contributed by atoms with E-state index in [9.17, 15) is 9.59 Å². The second-order valence-electron chi connectivity index (χ2n) is 5.89. The molecule has 124 valence electrons. The molecule has 0 saturated heterocycles. The minimum absolute atomic E-state index is 0.199. The van der Waals surface area contributed by atoms with Gasteiger partial charge in [-0.25, -0.2) is 0 Å². The number of H-pyrrole nitrogens is 1. The van der Waals surface area contributed by atoms with Crippen LogP contribution >= 0.6 is 0 Å². The molecular weight excluding hydrogens is 316 g/mol. The molecule has 4 aromatic rings. The Morgan fingerprint density at radius 1 is 1.20 bits per heavy atom. The van der Waals surface area contributed by atoms with E-state index in [1.54, 1.807) is 30.1 Å². The summed E-state index contributed by atoms with van der Waals surface area (Å²) in [6.07, 6.45) is 3.40. The Morgan fingerprint density at radius 2 is 2.04 bits per heavy atom. The first kappa shape index (κ1) is 15.1. The largest absolute Gasteiger partial charge is 0.347 e. The third-order valence-corrected chi connectivity index (χ3v) is 4.32. The number of aromatic nitrogens is 3. The third kappa shape index (κ3) is 2.57. The van der Waals surface area contributed by atoms with Crippen molar-refractivity contribution < 1.29 is 4.79 Å². The summed E-state index contributed by atoms with van der Waals surface area (Å²) in [6, 6.07) is 12.9. The van der Waals surface area contributed by atoms with Crippen molar-refractivity contribution >= 4 is 27.7 Å². The number of pyridine rings is 2. The van der Waals surface area contributed by atoms with Crippen LogP contribution in [0.25, 0.3) is 21.8 Å². The molecule has 0 saturated carbocycles. The molecular formula is C19H16N4O2. The molecule has 6 nitrogen and oxygen atoms in total. The highest BCUT2D eigenvalue weighted by Gasteiger charge is 2.17. The average molecular weight is 332 g/mol. The molecule has 25 heavy (non-hydrogen) atoms. The Balaban J connectivity index is 1.76. The maximum absolute atomic E-state index is 12.6. The van der Waals surface area contributed by atoms with Crippen molar-refractivity contribution in [3.8, 4) is 0 Å². The number of aromatic amines is 1. The minimum Gasteiger partial charge on any atom is -0.347 e. The maximum atomic E-state index is 12.6. The number of hydrogen-bond acceptors (Lipinski definition) is 3. The van der Waals surface area contributed by atoms with Gasteiger partial charge in [0.2, 0.25) is 0 Å². The fraction of sp³-hybridized carbons (Fsp3) is 0.105. The molecule has 1 amide bonds. The van der Waals surface area contributed by atoms with Crippen molar-refractivity contribution in [2.24, 2.45) is 7.05 Å². The molecule has 0 aliphatic heterocycles. The van der Waals surface area contributed by atoms with E-state index in [1.807, 2.05) is 36.4 Å². The molecule has 3 aromatic heterocycles. The Hall–Kier alpha value is -3.41. The summed E-state index contributed by atoms with van der Waals surface area (Å²) in [5, 5.41) is 4.29. The molecule has 6 heteroatoms. The van der Waals surface area contributed by atoms with E-state index in [0.717, 1.165) is 22.0 Å². The number of rotatable bonds is 3. The zero-order chi connectivity index (χ0) is 17.4. The van der Waals surface area contributed by atoms with Gasteiger partial charge in [0.15, 0.2) is 0 Å². The van der Waals surface area contributed by atoms with Crippen LogP contribution in [0.5, 0.6) is 0 Å². The van der Waals surface area contributed by atoms with Gasteiger partial charge in [0.1, 0.15) is 5.69 Å². The lowest BCUT2D eigenvalue weighted by Crippen LogP contribution is -2.24. The van der Waals surface area contributed by atoms with E-state index >= 15 is 0 Å². The predicted molar refractivity (Wildman–Crippen MR) is 96.5 cm³/mol. The molecule has 0 atom stereocenters. The zero-order valence-corrected chi connectivity index (χ0v) is 13.6. The Kier molecular flexibility index (Phi) is 3.57. The first-order valence-electron chi connectivity index (χ1n) is 7.92. The lowest BCUT2D eigenvalue weighted by atomic mass is 10.1. The van der Waals surface area contributed by atoms with E-state index in [-0.39, 0.29) is 11.5 Å². The standard InChI is InChI=1S/C19H16N4O2/c1-23-16(19(25)21-11-12-5-4-8-20-10-12)9-14-17(23)13-6-2-3-7-15(13)22-18(14)24/h2-10H,11H2,1H3,(H,21,25)(H,22,24). The zero-order valence-electron chi connectivity index (χ0n) is 13.6. The van der Waals surface area contributed by atoms with Crippen molar-refractivity contribution in [3.05, 3.63) is 76.5 Å². The number of para-hydroxylation sites is 1. The Labute approximate surface area is 143 Å². The number of amides is 1. The number of fused-ring (bicyclic) bond motifs is 3. The highest BCUT2D eigenvalue weighted by atomic mass is 16.2. The first-order valence-corrected chi connectivity index (χ1v) is 7.92. The summed E-state index contributed by atoms with van der Waals surface area (Å²) in [7, 11) is 1.80. The number of nitrogens with one attached hydrogen (secondary N) is 2. The molecule has 3 heterocycles. The van der Waals surface area contributed by atoms with Gasteiger partial charge in [-0.3, -0.25) is 14.6 Å². The van der Waals surface area contributed by atoms with Crippen LogP contribution in [0.2, 0.25) is 0 Å². The van der Waals surface area contributed by atoms with Crippen LogP contribution in [0.4, 0.5) is 0 Å². The second kappa shape index (κ2) is 5.90. The van der Waals surface area contributed by atoms with Crippen molar-refractivity contribution in [2.75, 3.05) is 0 Å². The second-order valence-corrected chi connectivity index (χ2v) is 5.89. The van der Waals surface area contributed by atoms with Crippen LogP contribution in [0, 0.1) is 0 Å². The van der Waals surface area contributed by atoms with E-state index in [0.29, 0.717) is 17.6 Å². The molecule has 2 N–H and O–H groups in total. The van der Waals surface area contributed by atoms with Gasteiger partial charge in [-0.15, -0.1) is 0 Å². The maximum Gasteiger partial charge on any atom is 0.268 e. The quantitative estimate of drug-likeness (QED) is 0.604. The van der Waals surface area contributed by atoms with E-state index in [2.05, 4.69) is 15.3 Å². The van der Waals surface area contributed by atoms with Crippen molar-refractivity contribution in [2.45, 2.75) is 6.54 Å². The minimum atomic E-state index is -0.231. The van der Waals surface area contributed by atoms with Gasteiger partial charge in [-0.05, 0) is 23.8 Å². The van der Waals surface area contributed by atoms with Gasteiger partial charge in [0, 0.05) is 31.4 Å². The van der Waals surface area contributed by atoms with Crippen LogP contribution in [-0.4, -0.2) is 20.4 Å². The highest BCUT2D eigenvalue weighted by Crippen LogP contribution is 2.23. The fourth-order valence-electron chi connectivity index (χ4n) is 3.08. The number of carbonyl (C=O) groups excluding carboxylic acids is 1. The lowest BCUT2D eigenvalue weighted by Gasteiger charge is -2.07. The summed E-state index contributed by atoms with van der Waals surface area (Å²) in [5.74, 6) is -0.231. The molecule has 0 unspecified atom stereocenters. The van der Waals surface area contributed by atoms with E-state index in [4.69, 9.17) is 0 Å². The summed E-state index contributed by atoms with van der Waals surface area (Å²) in [5.41, 5.74) is 2.67. The molecule has 4 rings (SSSR count). The highest BCUT2D eigenvalue weighted by molar-refractivity contribution is 6.07. The summed E-state index contributed by atoms with van der Waals surface area (Å²) >= 11 is 0. The smallest absolute Gasteiger partial charge is 0.268 e. The topological polar surface area (TPSA) is 79.8 Å². The lowest BCUT2D eigenvalue weighted by molar-refractivity contribution is 0.0943. The first-order chi connectivity index (χ1) is 12.1. The van der Waals surface area contributed by atoms with Crippen LogP contribution < -0.4 is 10.9 Å². The number of benzene rings is 1. The average Bonchev–Trinajstić information content (AvgIpc) is 2.99. The Morgan fingerprint density at radius 3 is 2.84 bits per heavy atom. The number of hydrogen-bond donors (Lipinski definition) is 2. The van der Waals surface area contributed by atoms with Crippen LogP contribution in [0.15, 0.2) is 59.7 Å². The summed E-state index contributed by atoms with van der Waals surface area (Å²) in [6.45, 7) is 0.380. The van der Waals surface area contributed by atoms with Gasteiger partial charge < -0.3 is 14.9 Å². The molecule has 0 aliphatic carbocycles. The molecule has 0 fully saturated rings. The van der Waals surface area contributed by atoms with Gasteiger partial charge in [0.05, 0.1) is 16.4 Å². The van der Waals surface area contributed by atoms with E-state index < -0.39 is 0 Å². The van der Waals surface area contributed by atoms with Crippen LogP contribution in [-0.2, 0) is 13.6 Å². The Bertz CT molecular complexity index is 1140. The van der Waals surface area contributed by atoms with Crippen molar-refractivity contribution in [3.63, 3.8) is 0 Å². The van der Waals surface area contributed by atoms with Gasteiger partial charge in [0.25, 0.3) is 11.5 Å².